The second kappa shape index (κ2) is 15.1. The lowest BCUT2D eigenvalue weighted by Crippen LogP contribution is -2.11. The monoisotopic (exact) mass is 478 g/mol. The van der Waals surface area contributed by atoms with E-state index in [1.54, 1.807) is 0 Å². The third-order valence-electron chi connectivity index (χ3n) is 6.09. The Morgan fingerprint density at radius 2 is 1.20 bits per heavy atom. The fraction of sp³-hybridized carbons (Fsp3) is 0.467. The largest absolute Gasteiger partial charge is 0.494 e. The van der Waals surface area contributed by atoms with Crippen LogP contribution in [0.3, 0.4) is 0 Å². The van der Waals surface area contributed by atoms with Gasteiger partial charge in [0, 0.05) is 23.5 Å². The molecule has 0 spiro atoms. The Hall–Kier alpha value is -2.95. The Morgan fingerprint density at radius 1 is 0.657 bits per heavy atom. The summed E-state index contributed by atoms with van der Waals surface area (Å²) in [5, 5.41) is 0. The number of benzene rings is 2. The fourth-order valence-electron chi connectivity index (χ4n) is 3.80. The number of hydrogen-bond donors (Lipinski definition) is 0. The van der Waals surface area contributed by atoms with Gasteiger partial charge in [0.2, 0.25) is 0 Å². The molecule has 0 aliphatic heterocycles. The van der Waals surface area contributed by atoms with Crippen LogP contribution in [-0.4, -0.2) is 29.4 Å². The van der Waals surface area contributed by atoms with Gasteiger partial charge in [0.1, 0.15) is 24.3 Å². The van der Waals surface area contributed by atoms with E-state index in [0.717, 1.165) is 35.5 Å². The molecule has 5 heteroatoms. The molecule has 0 amide bonds. The SMILES string of the molecule is CCCCCCCCCCOc1ccc(-c2ncc(-c3ccc(OCC(F)CC)cc3)cn2)cc1. The van der Waals surface area contributed by atoms with E-state index in [0.29, 0.717) is 18.0 Å². The normalized spacial score (nSPS) is 11.9. The lowest BCUT2D eigenvalue weighted by Gasteiger charge is -2.09. The van der Waals surface area contributed by atoms with Crippen molar-refractivity contribution in [1.29, 1.82) is 0 Å². The van der Waals surface area contributed by atoms with Gasteiger partial charge in [-0.25, -0.2) is 14.4 Å². The summed E-state index contributed by atoms with van der Waals surface area (Å²) < 4.78 is 24.7. The maximum absolute atomic E-state index is 13.3. The van der Waals surface area contributed by atoms with Crippen molar-refractivity contribution in [2.45, 2.75) is 77.8 Å². The highest BCUT2D eigenvalue weighted by atomic mass is 19.1. The molecular weight excluding hydrogens is 439 g/mol. The molecule has 35 heavy (non-hydrogen) atoms. The van der Waals surface area contributed by atoms with Gasteiger partial charge in [-0.05, 0) is 54.8 Å². The van der Waals surface area contributed by atoms with Gasteiger partial charge in [-0.3, -0.25) is 0 Å². The molecule has 1 atom stereocenters. The van der Waals surface area contributed by atoms with Crippen molar-refractivity contribution < 1.29 is 13.9 Å². The molecule has 3 rings (SSSR count). The van der Waals surface area contributed by atoms with Crippen molar-refractivity contribution in [2.24, 2.45) is 0 Å². The van der Waals surface area contributed by atoms with Crippen molar-refractivity contribution in [3.63, 3.8) is 0 Å². The molecule has 0 saturated heterocycles. The first-order chi connectivity index (χ1) is 17.2. The van der Waals surface area contributed by atoms with Crippen molar-refractivity contribution in [1.82, 2.24) is 9.97 Å². The highest BCUT2D eigenvalue weighted by molar-refractivity contribution is 5.64. The highest BCUT2D eigenvalue weighted by Gasteiger charge is 2.06. The molecule has 1 heterocycles. The lowest BCUT2D eigenvalue weighted by molar-refractivity contribution is 0.192. The second-order valence-corrected chi connectivity index (χ2v) is 8.98. The number of halogens is 1. The number of rotatable bonds is 16. The maximum Gasteiger partial charge on any atom is 0.159 e. The van der Waals surface area contributed by atoms with Crippen molar-refractivity contribution >= 4 is 0 Å². The smallest absolute Gasteiger partial charge is 0.159 e. The Bertz CT molecular complexity index is 959. The van der Waals surface area contributed by atoms with Crippen molar-refractivity contribution in [3.8, 4) is 34.0 Å². The number of hydrogen-bond acceptors (Lipinski definition) is 4. The Balaban J connectivity index is 1.43. The molecule has 4 nitrogen and oxygen atoms in total. The second-order valence-electron chi connectivity index (χ2n) is 8.98. The minimum absolute atomic E-state index is 0.0800. The van der Waals surface area contributed by atoms with Crippen LogP contribution >= 0.6 is 0 Å². The standard InChI is InChI=1S/C30H39FN2O2/c1-3-5-6-7-8-9-10-11-20-34-28-18-14-25(15-19-28)30-32-21-26(22-33-30)24-12-16-29(17-13-24)35-23-27(31)4-2/h12-19,21-22,27H,3-11,20,23H2,1-2H3. The zero-order valence-electron chi connectivity index (χ0n) is 21.2. The summed E-state index contributed by atoms with van der Waals surface area (Å²) in [6.45, 7) is 4.90. The van der Waals surface area contributed by atoms with Gasteiger partial charge in [-0.1, -0.05) is 70.9 Å². The van der Waals surface area contributed by atoms with Crippen molar-refractivity contribution in [2.75, 3.05) is 13.2 Å². The predicted molar refractivity (Wildman–Crippen MR) is 142 cm³/mol. The van der Waals surface area contributed by atoms with E-state index in [-0.39, 0.29) is 6.61 Å². The summed E-state index contributed by atoms with van der Waals surface area (Å²) in [5.41, 5.74) is 2.86. The van der Waals surface area contributed by atoms with Crippen LogP contribution in [-0.2, 0) is 0 Å². The molecule has 0 radical (unpaired) electrons. The van der Waals surface area contributed by atoms with Crippen LogP contribution in [0.4, 0.5) is 4.39 Å². The molecule has 0 aliphatic rings. The van der Waals surface area contributed by atoms with Crippen LogP contribution in [0.2, 0.25) is 0 Å². The molecule has 1 unspecified atom stereocenters. The molecule has 1 aromatic heterocycles. The summed E-state index contributed by atoms with van der Waals surface area (Å²) >= 11 is 0. The van der Waals surface area contributed by atoms with Crippen LogP contribution in [0.25, 0.3) is 22.5 Å². The summed E-state index contributed by atoms with van der Waals surface area (Å²) in [6.07, 6.45) is 13.5. The molecule has 2 aromatic carbocycles. The first kappa shape index (κ1) is 26.7. The average Bonchev–Trinajstić information content (AvgIpc) is 2.91. The number of ether oxygens (including phenoxy) is 2. The predicted octanol–water partition coefficient (Wildman–Crippen LogP) is 8.46. The molecule has 0 N–H and O–H groups in total. The molecule has 0 aliphatic carbocycles. The molecule has 0 saturated carbocycles. The lowest BCUT2D eigenvalue weighted by atomic mass is 10.1. The number of unbranched alkanes of at least 4 members (excludes halogenated alkanes) is 7. The van der Waals surface area contributed by atoms with Crippen molar-refractivity contribution in [3.05, 3.63) is 60.9 Å². The maximum atomic E-state index is 13.3. The third-order valence-corrected chi connectivity index (χ3v) is 6.09. The summed E-state index contributed by atoms with van der Waals surface area (Å²) in [6, 6.07) is 15.5. The topological polar surface area (TPSA) is 44.2 Å². The van der Waals surface area contributed by atoms with Crippen LogP contribution in [0.5, 0.6) is 11.5 Å². The number of aromatic nitrogens is 2. The minimum atomic E-state index is -0.939. The summed E-state index contributed by atoms with van der Waals surface area (Å²) in [5.74, 6) is 2.22. The van der Waals surface area contributed by atoms with Crippen LogP contribution in [0.15, 0.2) is 60.9 Å². The van der Waals surface area contributed by atoms with E-state index in [4.69, 9.17) is 9.47 Å². The molecule has 0 fully saturated rings. The van der Waals surface area contributed by atoms with E-state index in [2.05, 4.69) is 16.9 Å². The zero-order chi connectivity index (χ0) is 24.7. The Morgan fingerprint density at radius 3 is 1.80 bits per heavy atom. The molecule has 188 valence electrons. The molecule has 0 bridgehead atoms. The van der Waals surface area contributed by atoms with Gasteiger partial charge in [0.05, 0.1) is 6.61 Å². The molecular formula is C30H39FN2O2. The summed E-state index contributed by atoms with van der Waals surface area (Å²) in [7, 11) is 0. The number of alkyl halides is 1. The van der Waals surface area contributed by atoms with Crippen LogP contribution < -0.4 is 9.47 Å². The quantitative estimate of drug-likeness (QED) is 0.194. The zero-order valence-corrected chi connectivity index (χ0v) is 21.2. The van der Waals surface area contributed by atoms with Gasteiger partial charge >= 0.3 is 0 Å². The first-order valence-corrected chi connectivity index (χ1v) is 13.1. The van der Waals surface area contributed by atoms with E-state index >= 15 is 0 Å². The fourth-order valence-corrected chi connectivity index (χ4v) is 3.80. The average molecular weight is 479 g/mol. The molecule has 3 aromatic rings. The Labute approximate surface area is 209 Å². The minimum Gasteiger partial charge on any atom is -0.494 e. The van der Waals surface area contributed by atoms with E-state index in [9.17, 15) is 4.39 Å². The first-order valence-electron chi connectivity index (χ1n) is 13.1. The van der Waals surface area contributed by atoms with Gasteiger partial charge in [0.25, 0.3) is 0 Å². The van der Waals surface area contributed by atoms with E-state index in [1.807, 2.05) is 67.8 Å². The van der Waals surface area contributed by atoms with E-state index < -0.39 is 6.17 Å². The van der Waals surface area contributed by atoms with Crippen LogP contribution in [0, 0.1) is 0 Å². The van der Waals surface area contributed by atoms with Crippen LogP contribution in [0.1, 0.15) is 71.6 Å². The number of nitrogens with zero attached hydrogens (tertiary/aromatic N) is 2. The Kier molecular flexibility index (Phi) is 11.5. The van der Waals surface area contributed by atoms with Gasteiger partial charge in [-0.2, -0.15) is 0 Å². The van der Waals surface area contributed by atoms with Gasteiger partial charge in [0.15, 0.2) is 5.82 Å². The van der Waals surface area contributed by atoms with Gasteiger partial charge < -0.3 is 9.47 Å². The third kappa shape index (κ3) is 9.31. The summed E-state index contributed by atoms with van der Waals surface area (Å²) in [4.78, 5) is 9.08. The van der Waals surface area contributed by atoms with E-state index in [1.165, 1.54) is 44.9 Å². The highest BCUT2D eigenvalue weighted by Crippen LogP contribution is 2.24. The van der Waals surface area contributed by atoms with Gasteiger partial charge in [-0.15, -0.1) is 0 Å².